The molecule has 5 rings (SSSR count). The molecule has 1 amide bonds. The van der Waals surface area contributed by atoms with Gasteiger partial charge in [-0.05, 0) is 65.8 Å². The van der Waals surface area contributed by atoms with Crippen LogP contribution in [0.5, 0.6) is 11.5 Å². The minimum atomic E-state index is 0.0512. The maximum Gasteiger partial charge on any atom is 0.257 e. The number of rotatable bonds is 6. The second-order valence-corrected chi connectivity index (χ2v) is 8.54. The molecule has 0 radical (unpaired) electrons. The maximum absolute atomic E-state index is 13.0. The van der Waals surface area contributed by atoms with Gasteiger partial charge in [0, 0.05) is 38.8 Å². The van der Waals surface area contributed by atoms with Crippen LogP contribution in [0.1, 0.15) is 41.6 Å². The Morgan fingerprint density at radius 1 is 1.03 bits per heavy atom. The van der Waals surface area contributed by atoms with E-state index < -0.39 is 0 Å². The third kappa shape index (κ3) is 4.41. The average molecular weight is 437 g/mol. The highest BCUT2D eigenvalue weighted by molar-refractivity contribution is 5.97. The van der Waals surface area contributed by atoms with E-state index in [1.54, 1.807) is 7.11 Å². The smallest absolute Gasteiger partial charge is 0.257 e. The summed E-state index contributed by atoms with van der Waals surface area (Å²) in [6.07, 6.45) is 4.02. The molecule has 0 N–H and O–H groups in total. The zero-order valence-corrected chi connectivity index (χ0v) is 18.3. The van der Waals surface area contributed by atoms with Crippen LogP contribution >= 0.6 is 0 Å². The number of ether oxygens (including phenoxy) is 2. The Balaban J connectivity index is 1.22. The topological polar surface area (TPSA) is 80.9 Å². The van der Waals surface area contributed by atoms with Gasteiger partial charge < -0.3 is 14.4 Å². The van der Waals surface area contributed by atoms with Gasteiger partial charge in [0.2, 0.25) is 0 Å². The van der Waals surface area contributed by atoms with Crippen molar-refractivity contribution in [3.05, 3.63) is 47.5 Å². The maximum atomic E-state index is 13.0. The summed E-state index contributed by atoms with van der Waals surface area (Å²) in [7, 11) is 1.63. The molecule has 0 saturated carbocycles. The van der Waals surface area contributed by atoms with E-state index in [-0.39, 0.29) is 12.0 Å². The Kier molecular flexibility index (Phi) is 5.94. The summed E-state index contributed by atoms with van der Waals surface area (Å²) in [6, 6.07) is 11.6. The predicted octanol–water partition coefficient (Wildman–Crippen LogP) is 3.51. The van der Waals surface area contributed by atoms with Crippen molar-refractivity contribution in [3.63, 3.8) is 0 Å². The number of nitrogens with zero attached hydrogens (tertiary/aromatic N) is 4. The molecule has 0 atom stereocenters. The van der Waals surface area contributed by atoms with Crippen molar-refractivity contribution in [2.45, 2.75) is 38.3 Å². The quantitative estimate of drug-likeness (QED) is 0.585. The van der Waals surface area contributed by atoms with Crippen LogP contribution in [0, 0.1) is 0 Å². The predicted molar refractivity (Wildman–Crippen MR) is 119 cm³/mol. The molecular formula is C24H28N4O4. The Hall–Kier alpha value is -3.13. The zero-order valence-electron chi connectivity index (χ0n) is 18.3. The van der Waals surface area contributed by atoms with Crippen LogP contribution in [-0.4, -0.2) is 65.4 Å². The van der Waals surface area contributed by atoms with Crippen LogP contribution in [0.3, 0.4) is 0 Å². The Bertz CT molecular complexity index is 1080. The number of carbonyl (C=O) groups excluding carboxylic acids is 1. The van der Waals surface area contributed by atoms with Gasteiger partial charge in [0.05, 0.1) is 12.7 Å². The lowest BCUT2D eigenvalue weighted by Gasteiger charge is -2.32. The molecule has 32 heavy (non-hydrogen) atoms. The van der Waals surface area contributed by atoms with Gasteiger partial charge in [0.15, 0.2) is 0 Å². The third-order valence-electron chi connectivity index (χ3n) is 6.37. The molecule has 8 heteroatoms. The molecule has 0 bridgehead atoms. The van der Waals surface area contributed by atoms with E-state index in [9.17, 15) is 4.79 Å². The first-order valence-electron chi connectivity index (χ1n) is 11.3. The van der Waals surface area contributed by atoms with Crippen molar-refractivity contribution in [2.24, 2.45) is 0 Å². The number of amides is 1. The molecule has 168 valence electrons. The standard InChI is InChI=1S/C24H28N4O4/c1-30-19-5-6-20(24(29)28-10-2-3-11-28)23(15-19)31-18-8-12-27(13-9-18)16-17-4-7-21-22(14-17)26-32-25-21/h4-7,14-15,18H,2-3,8-13,16H2,1H3. The summed E-state index contributed by atoms with van der Waals surface area (Å²) in [5.41, 5.74) is 3.39. The monoisotopic (exact) mass is 436 g/mol. The van der Waals surface area contributed by atoms with Gasteiger partial charge in [0.1, 0.15) is 28.6 Å². The lowest BCUT2D eigenvalue weighted by atomic mass is 10.1. The minimum absolute atomic E-state index is 0.0512. The summed E-state index contributed by atoms with van der Waals surface area (Å²) >= 11 is 0. The molecular weight excluding hydrogens is 408 g/mol. The number of benzene rings is 2. The van der Waals surface area contributed by atoms with Crippen LogP contribution in [0.4, 0.5) is 0 Å². The Morgan fingerprint density at radius 2 is 1.81 bits per heavy atom. The van der Waals surface area contributed by atoms with Crippen molar-refractivity contribution >= 4 is 16.9 Å². The van der Waals surface area contributed by atoms with Crippen molar-refractivity contribution in [1.29, 1.82) is 0 Å². The van der Waals surface area contributed by atoms with Gasteiger partial charge in [-0.2, -0.15) is 0 Å². The van der Waals surface area contributed by atoms with Gasteiger partial charge in [-0.1, -0.05) is 6.07 Å². The van der Waals surface area contributed by atoms with Crippen molar-refractivity contribution in [3.8, 4) is 11.5 Å². The molecule has 0 spiro atoms. The van der Waals surface area contributed by atoms with Crippen LogP contribution < -0.4 is 9.47 Å². The van der Waals surface area contributed by atoms with E-state index in [2.05, 4.69) is 21.3 Å². The SMILES string of the molecule is COc1ccc(C(=O)N2CCCC2)c(OC2CCN(Cc3ccc4nonc4c3)CC2)c1. The van der Waals surface area contributed by atoms with Gasteiger partial charge in [0.25, 0.3) is 5.91 Å². The first kappa shape index (κ1) is 20.8. The molecule has 1 aromatic heterocycles. The largest absolute Gasteiger partial charge is 0.497 e. The fraction of sp³-hybridized carbons (Fsp3) is 0.458. The molecule has 0 aliphatic carbocycles. The number of hydrogen-bond acceptors (Lipinski definition) is 7. The fourth-order valence-corrected chi connectivity index (χ4v) is 4.54. The first-order chi connectivity index (χ1) is 15.7. The van der Waals surface area contributed by atoms with Crippen molar-refractivity contribution in [1.82, 2.24) is 20.1 Å². The Morgan fingerprint density at radius 3 is 2.59 bits per heavy atom. The van der Waals surface area contributed by atoms with E-state index in [0.29, 0.717) is 17.1 Å². The van der Waals surface area contributed by atoms with Gasteiger partial charge in [-0.3, -0.25) is 9.69 Å². The van der Waals surface area contributed by atoms with Crippen molar-refractivity contribution < 1.29 is 18.9 Å². The van der Waals surface area contributed by atoms with E-state index in [1.165, 1.54) is 5.56 Å². The van der Waals surface area contributed by atoms with Crippen molar-refractivity contribution in [2.75, 3.05) is 33.3 Å². The first-order valence-corrected chi connectivity index (χ1v) is 11.3. The third-order valence-corrected chi connectivity index (χ3v) is 6.37. The molecule has 3 heterocycles. The number of likely N-dealkylation sites (tertiary alicyclic amines) is 2. The highest BCUT2D eigenvalue weighted by Crippen LogP contribution is 2.30. The average Bonchev–Trinajstić information content (AvgIpc) is 3.52. The number of piperidine rings is 1. The highest BCUT2D eigenvalue weighted by atomic mass is 16.6. The van der Waals surface area contributed by atoms with Gasteiger partial charge in [-0.25, -0.2) is 4.63 Å². The molecule has 2 fully saturated rings. The summed E-state index contributed by atoms with van der Waals surface area (Å²) < 4.78 is 16.5. The van der Waals surface area contributed by atoms with E-state index >= 15 is 0 Å². The molecule has 0 unspecified atom stereocenters. The van der Waals surface area contributed by atoms with Crippen LogP contribution in [0.2, 0.25) is 0 Å². The molecule has 2 aliphatic heterocycles. The second-order valence-electron chi connectivity index (χ2n) is 8.54. The molecule has 3 aromatic rings. The summed E-state index contributed by atoms with van der Waals surface area (Å²) in [5.74, 6) is 1.38. The summed E-state index contributed by atoms with van der Waals surface area (Å²) in [4.78, 5) is 17.3. The van der Waals surface area contributed by atoms with Gasteiger partial charge in [-0.15, -0.1) is 0 Å². The van der Waals surface area contributed by atoms with E-state index in [1.807, 2.05) is 35.2 Å². The molecule has 2 aromatic carbocycles. The number of aromatic nitrogens is 2. The lowest BCUT2D eigenvalue weighted by Crippen LogP contribution is -2.38. The minimum Gasteiger partial charge on any atom is -0.497 e. The summed E-state index contributed by atoms with van der Waals surface area (Å²) in [5, 5.41) is 7.79. The zero-order chi connectivity index (χ0) is 21.9. The number of hydrogen-bond donors (Lipinski definition) is 0. The molecule has 8 nitrogen and oxygen atoms in total. The lowest BCUT2D eigenvalue weighted by molar-refractivity contribution is 0.0764. The van der Waals surface area contributed by atoms with E-state index in [4.69, 9.17) is 14.1 Å². The Labute approximate surface area is 187 Å². The van der Waals surface area contributed by atoms with Crippen LogP contribution in [-0.2, 0) is 6.54 Å². The normalized spacial score (nSPS) is 17.7. The number of fused-ring (bicyclic) bond motifs is 1. The highest BCUT2D eigenvalue weighted by Gasteiger charge is 2.26. The fourth-order valence-electron chi connectivity index (χ4n) is 4.54. The van der Waals surface area contributed by atoms with Crippen LogP contribution in [0.25, 0.3) is 11.0 Å². The second kappa shape index (κ2) is 9.16. The van der Waals surface area contributed by atoms with E-state index in [0.717, 1.165) is 69.4 Å². The number of methoxy groups -OCH3 is 1. The van der Waals surface area contributed by atoms with Crippen LogP contribution in [0.15, 0.2) is 41.0 Å². The van der Waals surface area contributed by atoms with Gasteiger partial charge >= 0.3 is 0 Å². The summed E-state index contributed by atoms with van der Waals surface area (Å²) in [6.45, 7) is 4.35. The molecule has 2 aliphatic rings. The number of carbonyl (C=O) groups is 1. The molecule has 2 saturated heterocycles.